The lowest BCUT2D eigenvalue weighted by Crippen LogP contribution is -2.31. The van der Waals surface area contributed by atoms with Crippen LogP contribution in [0.4, 0.5) is 0 Å². The Morgan fingerprint density at radius 3 is 2.23 bits per heavy atom. The van der Waals surface area contributed by atoms with Crippen molar-refractivity contribution in [3.8, 4) is 5.75 Å². The van der Waals surface area contributed by atoms with E-state index in [0.717, 1.165) is 11.3 Å². The smallest absolute Gasteiger partial charge is 0.257 e. The second-order valence-corrected chi connectivity index (χ2v) is 7.63. The van der Waals surface area contributed by atoms with E-state index in [0.29, 0.717) is 24.4 Å². The monoisotopic (exact) mass is 420 g/mol. The van der Waals surface area contributed by atoms with E-state index in [1.54, 1.807) is 36.0 Å². The maximum Gasteiger partial charge on any atom is 0.257 e. The largest absolute Gasteiger partial charge is 0.483 e. The lowest BCUT2D eigenvalue weighted by atomic mass is 10.1. The summed E-state index contributed by atoms with van der Waals surface area (Å²) < 4.78 is 5.61. The molecule has 0 unspecified atom stereocenters. The molecule has 0 bridgehead atoms. The predicted molar refractivity (Wildman–Crippen MR) is 120 cm³/mol. The normalized spacial score (nSPS) is 10.3. The summed E-state index contributed by atoms with van der Waals surface area (Å²) in [6.45, 7) is 0.827. The van der Waals surface area contributed by atoms with Gasteiger partial charge in [0.1, 0.15) is 5.75 Å². The highest BCUT2D eigenvalue weighted by Crippen LogP contribution is 2.18. The highest BCUT2D eigenvalue weighted by atomic mass is 32.2. The van der Waals surface area contributed by atoms with Gasteiger partial charge in [0.05, 0.1) is 5.56 Å². The van der Waals surface area contributed by atoms with Gasteiger partial charge in [0, 0.05) is 23.7 Å². The van der Waals surface area contributed by atoms with Gasteiger partial charge in [-0.1, -0.05) is 60.7 Å². The zero-order valence-electron chi connectivity index (χ0n) is 16.5. The van der Waals surface area contributed by atoms with Gasteiger partial charge in [-0.3, -0.25) is 9.59 Å². The molecule has 3 rings (SSSR count). The highest BCUT2D eigenvalue weighted by molar-refractivity contribution is 7.99. The molecule has 6 heteroatoms. The topological polar surface area (TPSA) is 67.4 Å². The number of hydrogen-bond acceptors (Lipinski definition) is 4. The van der Waals surface area contributed by atoms with Crippen LogP contribution in [0.3, 0.4) is 0 Å². The number of rotatable bonds is 10. The molecule has 0 saturated heterocycles. The number of carbonyl (C=O) groups excluding carboxylic acids is 2. The minimum absolute atomic E-state index is 0.140. The summed E-state index contributed by atoms with van der Waals surface area (Å²) in [6.07, 6.45) is 0. The Morgan fingerprint density at radius 2 is 1.47 bits per heavy atom. The summed E-state index contributed by atoms with van der Waals surface area (Å²) in [5.74, 6) is 0.697. The molecule has 0 heterocycles. The number of hydrogen-bond donors (Lipinski definition) is 2. The van der Waals surface area contributed by atoms with E-state index in [1.165, 1.54) is 4.90 Å². The van der Waals surface area contributed by atoms with Crippen LogP contribution in [0.15, 0.2) is 89.8 Å². The number of carbonyl (C=O) groups is 2. The van der Waals surface area contributed by atoms with Crippen molar-refractivity contribution >= 4 is 23.6 Å². The van der Waals surface area contributed by atoms with Crippen LogP contribution in [0.5, 0.6) is 5.75 Å². The Balaban J connectivity index is 1.43. The van der Waals surface area contributed by atoms with Crippen molar-refractivity contribution in [3.05, 3.63) is 96.1 Å². The van der Waals surface area contributed by atoms with Crippen LogP contribution >= 0.6 is 11.8 Å². The van der Waals surface area contributed by atoms with Gasteiger partial charge in [-0.15, -0.1) is 11.8 Å². The van der Waals surface area contributed by atoms with Crippen molar-refractivity contribution in [3.63, 3.8) is 0 Å². The number of benzene rings is 3. The molecule has 0 aliphatic rings. The minimum Gasteiger partial charge on any atom is -0.483 e. The molecule has 3 aromatic rings. The van der Waals surface area contributed by atoms with Crippen molar-refractivity contribution in [1.29, 1.82) is 0 Å². The van der Waals surface area contributed by atoms with Gasteiger partial charge in [0.25, 0.3) is 11.8 Å². The van der Waals surface area contributed by atoms with Gasteiger partial charge in [-0.25, -0.2) is 0 Å². The van der Waals surface area contributed by atoms with Crippen LogP contribution in [0.2, 0.25) is 0 Å². The lowest BCUT2D eigenvalue weighted by molar-refractivity contribution is -0.122. The quantitative estimate of drug-likeness (QED) is 0.386. The van der Waals surface area contributed by atoms with Gasteiger partial charge in [-0.05, 0) is 29.8 Å². The second-order valence-electron chi connectivity index (χ2n) is 6.46. The molecule has 2 amide bonds. The third-order valence-corrected chi connectivity index (χ3v) is 5.24. The number of thioether (sulfide) groups is 1. The molecule has 0 spiro atoms. The van der Waals surface area contributed by atoms with E-state index >= 15 is 0 Å². The maximum absolute atomic E-state index is 12.5. The van der Waals surface area contributed by atoms with Crippen LogP contribution in [0.25, 0.3) is 0 Å². The van der Waals surface area contributed by atoms with E-state index < -0.39 is 0 Å². The third-order valence-electron chi connectivity index (χ3n) is 4.22. The molecule has 154 valence electrons. The van der Waals surface area contributed by atoms with E-state index in [2.05, 4.69) is 10.6 Å². The maximum atomic E-state index is 12.5. The van der Waals surface area contributed by atoms with Gasteiger partial charge in [0.15, 0.2) is 6.61 Å². The van der Waals surface area contributed by atoms with E-state index in [4.69, 9.17) is 4.74 Å². The number of nitrogens with one attached hydrogen (secondary N) is 2. The molecule has 0 atom stereocenters. The Hall–Kier alpha value is -3.25. The van der Waals surface area contributed by atoms with E-state index in [1.807, 2.05) is 60.7 Å². The molecule has 3 aromatic carbocycles. The average molecular weight is 421 g/mol. The van der Waals surface area contributed by atoms with Crippen LogP contribution in [-0.2, 0) is 11.3 Å². The Kier molecular flexibility index (Phi) is 8.35. The molecular weight excluding hydrogens is 396 g/mol. The first kappa shape index (κ1) is 21.5. The zero-order chi connectivity index (χ0) is 21.0. The molecule has 5 nitrogen and oxygen atoms in total. The van der Waals surface area contributed by atoms with Crippen molar-refractivity contribution in [2.24, 2.45) is 0 Å². The fourth-order valence-corrected chi connectivity index (χ4v) is 3.51. The molecule has 30 heavy (non-hydrogen) atoms. The Morgan fingerprint density at radius 1 is 0.800 bits per heavy atom. The molecule has 0 aliphatic heterocycles. The van der Waals surface area contributed by atoms with E-state index in [-0.39, 0.29) is 18.4 Å². The first-order valence-electron chi connectivity index (χ1n) is 9.71. The molecule has 2 N–H and O–H groups in total. The van der Waals surface area contributed by atoms with Gasteiger partial charge >= 0.3 is 0 Å². The summed E-state index contributed by atoms with van der Waals surface area (Å²) in [5.41, 5.74) is 1.41. The summed E-state index contributed by atoms with van der Waals surface area (Å²) in [6, 6.07) is 26.6. The van der Waals surface area contributed by atoms with Crippen LogP contribution < -0.4 is 15.4 Å². The van der Waals surface area contributed by atoms with E-state index in [9.17, 15) is 9.59 Å². The third kappa shape index (κ3) is 6.97. The van der Waals surface area contributed by atoms with Crippen LogP contribution in [0, 0.1) is 0 Å². The van der Waals surface area contributed by atoms with Crippen molar-refractivity contribution in [2.45, 2.75) is 11.4 Å². The summed E-state index contributed by atoms with van der Waals surface area (Å²) >= 11 is 1.68. The predicted octanol–water partition coefficient (Wildman–Crippen LogP) is 3.90. The summed E-state index contributed by atoms with van der Waals surface area (Å²) in [7, 11) is 0. The fraction of sp³-hybridized carbons (Fsp3) is 0.167. The van der Waals surface area contributed by atoms with Gasteiger partial charge < -0.3 is 15.4 Å². The second kappa shape index (κ2) is 11.7. The minimum atomic E-state index is -0.242. The average Bonchev–Trinajstić information content (AvgIpc) is 2.80. The molecule has 0 fully saturated rings. The van der Waals surface area contributed by atoms with Crippen molar-refractivity contribution in [1.82, 2.24) is 10.6 Å². The fourth-order valence-electron chi connectivity index (χ4n) is 2.72. The Labute approximate surface area is 180 Å². The number of para-hydroxylation sites is 1. The molecule has 0 aromatic heterocycles. The first-order chi connectivity index (χ1) is 14.7. The first-order valence-corrected chi connectivity index (χ1v) is 10.7. The standard InChI is InChI=1S/C24H24N2O3S/c27-23(25-15-16-30-20-11-5-2-6-12-20)18-29-22-14-8-7-13-21(22)24(28)26-17-19-9-3-1-4-10-19/h1-14H,15-18H2,(H,25,27)(H,26,28). The van der Waals surface area contributed by atoms with Crippen molar-refractivity contribution < 1.29 is 14.3 Å². The van der Waals surface area contributed by atoms with Gasteiger partial charge in [0.2, 0.25) is 0 Å². The Bertz CT molecular complexity index is 949. The summed E-state index contributed by atoms with van der Waals surface area (Å²) in [5, 5.41) is 5.71. The molecule has 0 radical (unpaired) electrons. The lowest BCUT2D eigenvalue weighted by Gasteiger charge is -2.12. The zero-order valence-corrected chi connectivity index (χ0v) is 17.4. The molecule has 0 saturated carbocycles. The van der Waals surface area contributed by atoms with Crippen molar-refractivity contribution in [2.75, 3.05) is 18.9 Å². The summed E-state index contributed by atoms with van der Waals surface area (Å²) in [4.78, 5) is 25.8. The van der Waals surface area contributed by atoms with Gasteiger partial charge in [-0.2, -0.15) is 0 Å². The number of amides is 2. The highest BCUT2D eigenvalue weighted by Gasteiger charge is 2.13. The van der Waals surface area contributed by atoms with Crippen LogP contribution in [-0.4, -0.2) is 30.7 Å². The molecular formula is C24H24N2O3S. The van der Waals surface area contributed by atoms with Crippen LogP contribution in [0.1, 0.15) is 15.9 Å². The number of ether oxygens (including phenoxy) is 1. The molecule has 0 aliphatic carbocycles. The SMILES string of the molecule is O=C(COc1ccccc1C(=O)NCc1ccccc1)NCCSc1ccccc1.